The molecule has 0 fully saturated rings. The van der Waals surface area contributed by atoms with Crippen molar-refractivity contribution in [1.82, 2.24) is 5.32 Å². The van der Waals surface area contributed by atoms with Gasteiger partial charge in [0.25, 0.3) is 0 Å². The van der Waals surface area contributed by atoms with Crippen LogP contribution in [0.25, 0.3) is 0 Å². The predicted molar refractivity (Wildman–Crippen MR) is 67.7 cm³/mol. The van der Waals surface area contributed by atoms with E-state index in [-0.39, 0.29) is 0 Å². The highest BCUT2D eigenvalue weighted by Gasteiger charge is 1.93. The van der Waals surface area contributed by atoms with Gasteiger partial charge >= 0.3 is 0 Å². The monoisotopic (exact) mass is 235 g/mol. The number of nitrogens with one attached hydrogen (secondary N) is 1. The van der Waals surface area contributed by atoms with Crippen LogP contribution in [0.5, 0.6) is 0 Å². The van der Waals surface area contributed by atoms with E-state index in [2.05, 4.69) is 19.2 Å². The van der Waals surface area contributed by atoms with Crippen molar-refractivity contribution in [2.24, 2.45) is 5.92 Å². The van der Waals surface area contributed by atoms with Crippen LogP contribution in [0, 0.1) is 5.92 Å². The zero-order valence-electron chi connectivity index (χ0n) is 10.2. The number of hydrogen-bond donors (Lipinski definition) is 1. The van der Waals surface area contributed by atoms with Crippen molar-refractivity contribution in [3.05, 3.63) is 0 Å². The minimum absolute atomic E-state index is 0.744. The lowest BCUT2D eigenvalue weighted by Gasteiger charge is -2.07. The topological polar surface area (TPSA) is 21.3 Å². The Morgan fingerprint density at radius 2 is 1.87 bits per heavy atom. The van der Waals surface area contributed by atoms with Crippen molar-refractivity contribution in [3.8, 4) is 0 Å². The largest absolute Gasteiger partial charge is 0.380 e. The van der Waals surface area contributed by atoms with E-state index < -0.39 is 0 Å². The third-order valence-corrected chi connectivity index (χ3v) is 2.52. The fourth-order valence-corrected chi connectivity index (χ4v) is 1.40. The van der Waals surface area contributed by atoms with Gasteiger partial charge in [-0.1, -0.05) is 20.3 Å². The summed E-state index contributed by atoms with van der Waals surface area (Å²) in [6.45, 7) is 8.23. The van der Waals surface area contributed by atoms with Gasteiger partial charge in [-0.05, 0) is 31.7 Å². The summed E-state index contributed by atoms with van der Waals surface area (Å²) in [5.41, 5.74) is 0. The molecule has 0 aliphatic heterocycles. The molecule has 0 spiro atoms. The molecule has 2 nitrogen and oxygen atoms in total. The van der Waals surface area contributed by atoms with Gasteiger partial charge in [0, 0.05) is 19.0 Å². The second-order valence-electron chi connectivity index (χ2n) is 4.29. The first-order chi connectivity index (χ1) is 7.27. The van der Waals surface area contributed by atoms with E-state index in [4.69, 9.17) is 16.3 Å². The van der Waals surface area contributed by atoms with E-state index in [0.29, 0.717) is 0 Å². The van der Waals surface area contributed by atoms with Crippen molar-refractivity contribution in [2.75, 3.05) is 32.2 Å². The number of rotatable bonds is 11. The van der Waals surface area contributed by atoms with Crippen molar-refractivity contribution in [3.63, 3.8) is 0 Å². The Bertz CT molecular complexity index is 120. The van der Waals surface area contributed by atoms with E-state index in [1.165, 1.54) is 12.8 Å². The van der Waals surface area contributed by atoms with Crippen LogP contribution in [0.15, 0.2) is 0 Å². The van der Waals surface area contributed by atoms with Crippen molar-refractivity contribution < 1.29 is 4.74 Å². The summed E-state index contributed by atoms with van der Waals surface area (Å²) < 4.78 is 5.49. The summed E-state index contributed by atoms with van der Waals surface area (Å²) in [4.78, 5) is 0. The van der Waals surface area contributed by atoms with Gasteiger partial charge in [-0.3, -0.25) is 0 Å². The molecule has 0 heterocycles. The first-order valence-corrected chi connectivity index (χ1v) is 6.65. The van der Waals surface area contributed by atoms with Crippen LogP contribution >= 0.6 is 11.6 Å². The lowest BCUT2D eigenvalue weighted by Crippen LogP contribution is -2.21. The van der Waals surface area contributed by atoms with E-state index >= 15 is 0 Å². The van der Waals surface area contributed by atoms with Crippen LogP contribution in [0.1, 0.15) is 39.5 Å². The van der Waals surface area contributed by atoms with Crippen LogP contribution in [0.4, 0.5) is 0 Å². The van der Waals surface area contributed by atoms with Gasteiger partial charge < -0.3 is 10.1 Å². The highest BCUT2D eigenvalue weighted by molar-refractivity contribution is 6.17. The van der Waals surface area contributed by atoms with Crippen LogP contribution in [0.3, 0.4) is 0 Å². The molecule has 0 atom stereocenters. The SMILES string of the molecule is CC(C)CCOCCNCCCCCCl. The van der Waals surface area contributed by atoms with E-state index in [1.807, 2.05) is 0 Å². The van der Waals surface area contributed by atoms with E-state index in [1.54, 1.807) is 0 Å². The van der Waals surface area contributed by atoms with Gasteiger partial charge in [0.15, 0.2) is 0 Å². The fourth-order valence-electron chi connectivity index (χ4n) is 1.21. The predicted octanol–water partition coefficient (Wildman–Crippen LogP) is 3.05. The molecule has 3 heteroatoms. The Balaban J connectivity index is 2.87. The first kappa shape index (κ1) is 15.2. The molecule has 0 saturated carbocycles. The van der Waals surface area contributed by atoms with Gasteiger partial charge in [-0.2, -0.15) is 0 Å². The average Bonchev–Trinajstić information content (AvgIpc) is 2.20. The van der Waals surface area contributed by atoms with Crippen molar-refractivity contribution in [2.45, 2.75) is 39.5 Å². The van der Waals surface area contributed by atoms with Gasteiger partial charge in [0.2, 0.25) is 0 Å². The van der Waals surface area contributed by atoms with Crippen molar-refractivity contribution in [1.29, 1.82) is 0 Å². The van der Waals surface area contributed by atoms with E-state index in [0.717, 1.165) is 50.9 Å². The molecule has 0 radical (unpaired) electrons. The molecule has 0 aliphatic rings. The van der Waals surface area contributed by atoms with Crippen LogP contribution < -0.4 is 5.32 Å². The Kier molecular flexibility index (Phi) is 12.5. The lowest BCUT2D eigenvalue weighted by molar-refractivity contribution is 0.125. The smallest absolute Gasteiger partial charge is 0.0590 e. The van der Waals surface area contributed by atoms with E-state index in [9.17, 15) is 0 Å². The molecule has 0 bridgehead atoms. The molecule has 0 saturated heterocycles. The molecule has 1 N–H and O–H groups in total. The maximum Gasteiger partial charge on any atom is 0.0590 e. The van der Waals surface area contributed by atoms with Gasteiger partial charge in [0.1, 0.15) is 0 Å². The normalized spacial score (nSPS) is 11.2. The van der Waals surface area contributed by atoms with Crippen LogP contribution in [-0.2, 0) is 4.74 Å². The number of hydrogen-bond acceptors (Lipinski definition) is 2. The number of ether oxygens (including phenoxy) is 1. The Morgan fingerprint density at radius 3 is 2.53 bits per heavy atom. The summed E-state index contributed by atoms with van der Waals surface area (Å²) in [7, 11) is 0. The molecular formula is C12H26ClNO. The Labute approximate surface area is 99.7 Å². The van der Waals surface area contributed by atoms with Crippen LogP contribution in [-0.4, -0.2) is 32.2 Å². The van der Waals surface area contributed by atoms with Gasteiger partial charge in [-0.25, -0.2) is 0 Å². The molecule has 0 aromatic carbocycles. The quantitative estimate of drug-likeness (QED) is 0.439. The van der Waals surface area contributed by atoms with Gasteiger partial charge in [0.05, 0.1) is 6.61 Å². The lowest BCUT2D eigenvalue weighted by atomic mass is 10.1. The Morgan fingerprint density at radius 1 is 1.07 bits per heavy atom. The summed E-state index contributed by atoms with van der Waals surface area (Å²) in [5, 5.41) is 3.36. The molecule has 0 aromatic rings. The highest BCUT2D eigenvalue weighted by Crippen LogP contribution is 1.98. The van der Waals surface area contributed by atoms with Gasteiger partial charge in [-0.15, -0.1) is 11.6 Å². The molecule has 15 heavy (non-hydrogen) atoms. The zero-order valence-corrected chi connectivity index (χ0v) is 11.0. The summed E-state index contributed by atoms with van der Waals surface area (Å²) in [5.74, 6) is 1.53. The minimum atomic E-state index is 0.744. The fraction of sp³-hybridized carbons (Fsp3) is 1.00. The standard InChI is InChI=1S/C12H26ClNO/c1-12(2)6-10-15-11-9-14-8-5-3-4-7-13/h12,14H,3-11H2,1-2H3. The molecule has 0 unspecified atom stereocenters. The molecular weight excluding hydrogens is 210 g/mol. The highest BCUT2D eigenvalue weighted by atomic mass is 35.5. The third-order valence-electron chi connectivity index (χ3n) is 2.25. The summed E-state index contributed by atoms with van der Waals surface area (Å²) >= 11 is 5.58. The molecule has 0 aliphatic carbocycles. The summed E-state index contributed by atoms with van der Waals surface area (Å²) in [6.07, 6.45) is 4.74. The Hall–Kier alpha value is 0.210. The molecule has 0 aromatic heterocycles. The average molecular weight is 236 g/mol. The summed E-state index contributed by atoms with van der Waals surface area (Å²) in [6, 6.07) is 0. The number of halogens is 1. The minimum Gasteiger partial charge on any atom is -0.380 e. The van der Waals surface area contributed by atoms with Crippen LogP contribution in [0.2, 0.25) is 0 Å². The van der Waals surface area contributed by atoms with Crippen molar-refractivity contribution >= 4 is 11.6 Å². The zero-order chi connectivity index (χ0) is 11.4. The molecule has 0 rings (SSSR count). The number of alkyl halides is 1. The maximum absolute atomic E-state index is 5.58. The molecule has 0 amide bonds. The second-order valence-corrected chi connectivity index (χ2v) is 4.67. The molecule has 92 valence electrons. The number of unbranched alkanes of at least 4 members (excludes halogenated alkanes) is 2. The second kappa shape index (κ2) is 12.3. The first-order valence-electron chi connectivity index (χ1n) is 6.11. The third kappa shape index (κ3) is 14.2. The maximum atomic E-state index is 5.58.